The molecule has 5 rings (SSSR count). The number of methoxy groups -OCH3 is 1. The topological polar surface area (TPSA) is 218 Å². The van der Waals surface area contributed by atoms with Gasteiger partial charge in [0.15, 0.2) is 23.7 Å². The third-order valence-electron chi connectivity index (χ3n) is 6.83. The first-order valence-electron chi connectivity index (χ1n) is 12.0. The van der Waals surface area contributed by atoms with Gasteiger partial charge in [-0.05, 0) is 19.1 Å². The molecular formula is C25H28O14. The molecule has 2 fully saturated rings. The highest BCUT2D eigenvalue weighted by Crippen LogP contribution is 2.38. The summed E-state index contributed by atoms with van der Waals surface area (Å²) in [5, 5.41) is 71.7. The van der Waals surface area contributed by atoms with Crippen LogP contribution in [0, 0.1) is 0 Å². The van der Waals surface area contributed by atoms with Crippen LogP contribution in [-0.2, 0) is 14.2 Å². The molecule has 9 unspecified atom stereocenters. The number of benzene rings is 2. The molecular weight excluding hydrogens is 524 g/mol. The van der Waals surface area contributed by atoms with Crippen LogP contribution in [0.1, 0.15) is 6.92 Å². The highest BCUT2D eigenvalue weighted by molar-refractivity contribution is 5.98. The van der Waals surface area contributed by atoms with Gasteiger partial charge in [0.1, 0.15) is 64.1 Å². The highest BCUT2D eigenvalue weighted by atomic mass is 16.7. The standard InChI is InChI=1S/C25H28O14/c1-8-17(29)20(32)21(33)24(36-8)39-23-18(30)12(28)7-35-25(23)38-13-4-3-10(26)22-16(13)19(31)15-11(27)5-9(34-2)6-14(15)37-22/h3-6,8,12,17-18,20-21,23-30,32-33H,7H2,1-2H3. The maximum atomic E-state index is 13.5. The summed E-state index contributed by atoms with van der Waals surface area (Å²) in [4.78, 5) is 13.5. The van der Waals surface area contributed by atoms with Crippen molar-refractivity contribution in [3.8, 4) is 23.0 Å². The largest absolute Gasteiger partial charge is 0.507 e. The van der Waals surface area contributed by atoms with Crippen LogP contribution >= 0.6 is 0 Å². The molecule has 0 spiro atoms. The van der Waals surface area contributed by atoms with E-state index in [1.165, 1.54) is 38.3 Å². The Labute approximate surface area is 219 Å². The number of aromatic hydroxyl groups is 2. The van der Waals surface area contributed by atoms with Gasteiger partial charge in [0.2, 0.25) is 11.7 Å². The van der Waals surface area contributed by atoms with Gasteiger partial charge >= 0.3 is 0 Å². The molecule has 2 saturated heterocycles. The van der Waals surface area contributed by atoms with Gasteiger partial charge in [-0.15, -0.1) is 0 Å². The molecule has 2 aromatic carbocycles. The molecule has 1 aromatic heterocycles. The first-order valence-corrected chi connectivity index (χ1v) is 12.0. The molecule has 14 heteroatoms. The highest BCUT2D eigenvalue weighted by Gasteiger charge is 2.48. The van der Waals surface area contributed by atoms with Crippen molar-refractivity contribution in [3.05, 3.63) is 34.5 Å². The van der Waals surface area contributed by atoms with Gasteiger partial charge < -0.3 is 63.8 Å². The molecule has 0 radical (unpaired) electrons. The molecule has 7 N–H and O–H groups in total. The van der Waals surface area contributed by atoms with Crippen LogP contribution in [0.5, 0.6) is 23.0 Å². The fourth-order valence-corrected chi connectivity index (χ4v) is 4.63. The monoisotopic (exact) mass is 552 g/mol. The quantitative estimate of drug-likeness (QED) is 0.190. The van der Waals surface area contributed by atoms with Gasteiger partial charge in [0.05, 0.1) is 19.8 Å². The summed E-state index contributed by atoms with van der Waals surface area (Å²) in [6.45, 7) is 1.04. The summed E-state index contributed by atoms with van der Waals surface area (Å²) < 4.78 is 33.3. The van der Waals surface area contributed by atoms with Crippen molar-refractivity contribution in [2.24, 2.45) is 0 Å². The van der Waals surface area contributed by atoms with Crippen LogP contribution < -0.4 is 14.9 Å². The fourth-order valence-electron chi connectivity index (χ4n) is 4.63. The normalized spacial score (nSPS) is 33.4. The molecule has 3 heterocycles. The lowest BCUT2D eigenvalue weighted by atomic mass is 9.99. The molecule has 0 bridgehead atoms. The number of phenols is 2. The Morgan fingerprint density at radius 3 is 2.36 bits per heavy atom. The van der Waals surface area contributed by atoms with E-state index in [0.29, 0.717) is 0 Å². The van der Waals surface area contributed by atoms with Crippen molar-refractivity contribution in [2.45, 2.75) is 62.2 Å². The van der Waals surface area contributed by atoms with E-state index in [0.717, 1.165) is 0 Å². The average Bonchev–Trinajstić information content (AvgIpc) is 2.91. The van der Waals surface area contributed by atoms with Crippen molar-refractivity contribution in [1.29, 1.82) is 0 Å². The van der Waals surface area contributed by atoms with Crippen molar-refractivity contribution >= 4 is 21.9 Å². The number of ether oxygens (including phenoxy) is 5. The van der Waals surface area contributed by atoms with Gasteiger partial charge in [-0.25, -0.2) is 0 Å². The Balaban J connectivity index is 1.54. The van der Waals surface area contributed by atoms with E-state index in [9.17, 15) is 40.5 Å². The van der Waals surface area contributed by atoms with Crippen molar-refractivity contribution < 1.29 is 63.8 Å². The number of rotatable bonds is 5. The Bertz CT molecular complexity index is 1420. The second-order valence-corrected chi connectivity index (χ2v) is 9.40. The summed E-state index contributed by atoms with van der Waals surface area (Å²) >= 11 is 0. The molecule has 0 saturated carbocycles. The van der Waals surface area contributed by atoms with Gasteiger partial charge in [-0.2, -0.15) is 0 Å². The zero-order valence-corrected chi connectivity index (χ0v) is 20.7. The molecule has 2 aliphatic heterocycles. The van der Waals surface area contributed by atoms with Crippen LogP contribution in [0.4, 0.5) is 0 Å². The van der Waals surface area contributed by atoms with E-state index in [1.807, 2.05) is 0 Å². The van der Waals surface area contributed by atoms with E-state index < -0.39 is 78.8 Å². The minimum absolute atomic E-state index is 0.0660. The fraction of sp³-hybridized carbons (Fsp3) is 0.480. The smallest absolute Gasteiger partial charge is 0.229 e. The maximum absolute atomic E-state index is 13.5. The number of hydrogen-bond donors (Lipinski definition) is 7. The van der Waals surface area contributed by atoms with Crippen LogP contribution in [0.15, 0.2) is 33.5 Å². The molecule has 14 nitrogen and oxygen atoms in total. The SMILES string of the molecule is COc1cc(O)c2c(=O)c3c(OC4OCC(O)C(O)C4OC4OC(C)C(O)C(O)C4O)ccc(O)c3oc2c1. The van der Waals surface area contributed by atoms with Gasteiger partial charge in [0.25, 0.3) is 0 Å². The first kappa shape index (κ1) is 27.4. The number of aliphatic hydroxyl groups excluding tert-OH is 5. The molecule has 3 aromatic rings. The Morgan fingerprint density at radius 1 is 0.897 bits per heavy atom. The molecule has 0 aliphatic carbocycles. The predicted octanol–water partition coefficient (Wildman–Crippen LogP) is -0.964. The van der Waals surface area contributed by atoms with E-state index in [2.05, 4.69) is 0 Å². The predicted molar refractivity (Wildman–Crippen MR) is 129 cm³/mol. The lowest BCUT2D eigenvalue weighted by molar-refractivity contribution is -0.344. The lowest BCUT2D eigenvalue weighted by Gasteiger charge is -2.43. The Morgan fingerprint density at radius 2 is 1.64 bits per heavy atom. The van der Waals surface area contributed by atoms with Gasteiger partial charge in [-0.1, -0.05) is 0 Å². The summed E-state index contributed by atoms with van der Waals surface area (Å²) in [5.74, 6) is -0.839. The third-order valence-corrected chi connectivity index (χ3v) is 6.83. The summed E-state index contributed by atoms with van der Waals surface area (Å²) in [6.07, 6.45) is -13.4. The van der Waals surface area contributed by atoms with E-state index >= 15 is 0 Å². The number of fused-ring (bicyclic) bond motifs is 2. The second kappa shape index (κ2) is 10.4. The van der Waals surface area contributed by atoms with Crippen LogP contribution in [0.3, 0.4) is 0 Å². The van der Waals surface area contributed by atoms with Gasteiger partial charge in [-0.3, -0.25) is 4.79 Å². The molecule has 0 amide bonds. The maximum Gasteiger partial charge on any atom is 0.229 e. The minimum atomic E-state index is -1.73. The average molecular weight is 552 g/mol. The zero-order chi connectivity index (χ0) is 28.2. The molecule has 9 atom stereocenters. The second-order valence-electron chi connectivity index (χ2n) is 9.40. The van der Waals surface area contributed by atoms with E-state index in [1.54, 1.807) is 0 Å². The molecule has 2 aliphatic rings. The Kier molecular flexibility index (Phi) is 7.30. The summed E-state index contributed by atoms with van der Waals surface area (Å²) in [6, 6.07) is 4.98. The van der Waals surface area contributed by atoms with Crippen LogP contribution in [0.2, 0.25) is 0 Å². The number of phenolic OH excluding ortho intramolecular Hbond substituents is 2. The van der Waals surface area contributed by atoms with Gasteiger partial charge in [0, 0.05) is 12.1 Å². The summed E-state index contributed by atoms with van der Waals surface area (Å²) in [5.41, 5.74) is -1.10. The summed E-state index contributed by atoms with van der Waals surface area (Å²) in [7, 11) is 1.36. The Hall–Kier alpha value is -3.21. The van der Waals surface area contributed by atoms with Crippen molar-refractivity contribution in [3.63, 3.8) is 0 Å². The number of aliphatic hydroxyl groups is 5. The molecule has 39 heavy (non-hydrogen) atoms. The minimum Gasteiger partial charge on any atom is -0.507 e. The first-order chi connectivity index (χ1) is 18.5. The van der Waals surface area contributed by atoms with Crippen molar-refractivity contribution in [1.82, 2.24) is 0 Å². The van der Waals surface area contributed by atoms with Crippen LogP contribution in [-0.4, -0.2) is 105 Å². The third kappa shape index (κ3) is 4.74. The van der Waals surface area contributed by atoms with E-state index in [-0.39, 0.29) is 33.4 Å². The van der Waals surface area contributed by atoms with Crippen LogP contribution in [0.25, 0.3) is 21.9 Å². The van der Waals surface area contributed by atoms with E-state index in [4.69, 9.17) is 28.1 Å². The van der Waals surface area contributed by atoms with Crippen molar-refractivity contribution in [2.75, 3.05) is 13.7 Å². The number of hydrogen-bond acceptors (Lipinski definition) is 14. The lowest BCUT2D eigenvalue weighted by Crippen LogP contribution is -2.62. The molecule has 212 valence electrons. The zero-order valence-electron chi connectivity index (χ0n) is 20.7.